The lowest BCUT2D eigenvalue weighted by molar-refractivity contribution is -0.144. The number of para-hydroxylation sites is 1. The third-order valence-corrected chi connectivity index (χ3v) is 2.46. The van der Waals surface area contributed by atoms with E-state index in [4.69, 9.17) is 15.1 Å². The molecule has 1 unspecified atom stereocenters. The number of carboxylic acids is 1. The molecule has 0 spiro atoms. The molecular formula is C12H13NO3. The molecule has 0 aliphatic rings. The van der Waals surface area contributed by atoms with Gasteiger partial charge in [0, 0.05) is 6.42 Å². The van der Waals surface area contributed by atoms with Crippen LogP contribution in [0.1, 0.15) is 12.5 Å². The molecule has 0 aromatic heterocycles. The number of carboxylic acid groups (broad SMARTS) is 1. The SMILES string of the molecule is COc1ccccc1CC(C)(C#N)C(=O)O. The maximum absolute atomic E-state index is 11.0. The van der Waals surface area contributed by atoms with Crippen molar-refractivity contribution < 1.29 is 14.6 Å². The lowest BCUT2D eigenvalue weighted by Crippen LogP contribution is -2.28. The lowest BCUT2D eigenvalue weighted by Gasteiger charge is -2.17. The van der Waals surface area contributed by atoms with Gasteiger partial charge in [0.15, 0.2) is 5.41 Å². The van der Waals surface area contributed by atoms with Crippen LogP contribution >= 0.6 is 0 Å². The zero-order valence-electron chi connectivity index (χ0n) is 9.23. The Hall–Kier alpha value is -2.02. The molecule has 0 fully saturated rings. The molecular weight excluding hydrogens is 206 g/mol. The van der Waals surface area contributed by atoms with E-state index in [0.717, 1.165) is 5.56 Å². The van der Waals surface area contributed by atoms with Gasteiger partial charge in [0.25, 0.3) is 0 Å². The molecule has 1 N–H and O–H groups in total. The first kappa shape index (κ1) is 12.1. The molecule has 1 rings (SSSR count). The van der Waals surface area contributed by atoms with Crippen molar-refractivity contribution in [1.82, 2.24) is 0 Å². The summed E-state index contributed by atoms with van der Waals surface area (Å²) >= 11 is 0. The first-order valence-electron chi connectivity index (χ1n) is 4.80. The third-order valence-electron chi connectivity index (χ3n) is 2.46. The van der Waals surface area contributed by atoms with Crippen molar-refractivity contribution in [3.8, 4) is 11.8 Å². The Morgan fingerprint density at radius 2 is 2.19 bits per heavy atom. The Bertz CT molecular complexity index is 436. The fourth-order valence-corrected chi connectivity index (χ4v) is 1.39. The van der Waals surface area contributed by atoms with Gasteiger partial charge in [0.05, 0.1) is 13.2 Å². The quantitative estimate of drug-likeness (QED) is 0.838. The predicted molar refractivity (Wildman–Crippen MR) is 58.1 cm³/mol. The van der Waals surface area contributed by atoms with E-state index in [1.807, 2.05) is 6.07 Å². The highest BCUT2D eigenvalue weighted by atomic mass is 16.5. The zero-order chi connectivity index (χ0) is 12.2. The minimum atomic E-state index is -1.42. The van der Waals surface area contributed by atoms with Gasteiger partial charge in [0.2, 0.25) is 0 Å². The van der Waals surface area contributed by atoms with Gasteiger partial charge in [-0.05, 0) is 18.6 Å². The van der Waals surface area contributed by atoms with Crippen molar-refractivity contribution in [2.75, 3.05) is 7.11 Å². The number of methoxy groups -OCH3 is 1. The summed E-state index contributed by atoms with van der Waals surface area (Å²) in [7, 11) is 1.52. The summed E-state index contributed by atoms with van der Waals surface area (Å²) in [6, 6.07) is 8.92. The maximum atomic E-state index is 11.0. The maximum Gasteiger partial charge on any atom is 0.324 e. The Labute approximate surface area is 94.1 Å². The van der Waals surface area contributed by atoms with E-state index >= 15 is 0 Å². The van der Waals surface area contributed by atoms with Crippen molar-refractivity contribution in [3.63, 3.8) is 0 Å². The summed E-state index contributed by atoms with van der Waals surface area (Å²) in [6.45, 7) is 1.40. The number of ether oxygens (including phenoxy) is 1. The van der Waals surface area contributed by atoms with Crippen molar-refractivity contribution in [1.29, 1.82) is 5.26 Å². The van der Waals surface area contributed by atoms with E-state index in [-0.39, 0.29) is 6.42 Å². The fraction of sp³-hybridized carbons (Fsp3) is 0.333. The summed E-state index contributed by atoms with van der Waals surface area (Å²) in [4.78, 5) is 11.0. The van der Waals surface area contributed by atoms with Gasteiger partial charge in [-0.25, -0.2) is 0 Å². The highest BCUT2D eigenvalue weighted by molar-refractivity contribution is 5.78. The van der Waals surface area contributed by atoms with Gasteiger partial charge >= 0.3 is 5.97 Å². The molecule has 84 valence electrons. The van der Waals surface area contributed by atoms with Gasteiger partial charge in [-0.3, -0.25) is 4.79 Å². The number of nitrogens with zero attached hydrogens (tertiary/aromatic N) is 1. The van der Waals surface area contributed by atoms with Crippen LogP contribution in [0.5, 0.6) is 5.75 Å². The van der Waals surface area contributed by atoms with Crippen LogP contribution in [0.2, 0.25) is 0 Å². The molecule has 4 heteroatoms. The number of hydrogen-bond acceptors (Lipinski definition) is 3. The van der Waals surface area contributed by atoms with Crippen molar-refractivity contribution in [2.24, 2.45) is 5.41 Å². The number of hydrogen-bond donors (Lipinski definition) is 1. The van der Waals surface area contributed by atoms with Crippen LogP contribution in [-0.2, 0) is 11.2 Å². The van der Waals surface area contributed by atoms with Gasteiger partial charge in [0.1, 0.15) is 5.75 Å². The van der Waals surface area contributed by atoms with E-state index in [9.17, 15) is 4.79 Å². The second-order valence-corrected chi connectivity index (χ2v) is 3.74. The van der Waals surface area contributed by atoms with Crippen LogP contribution in [-0.4, -0.2) is 18.2 Å². The Balaban J connectivity index is 3.04. The molecule has 0 amide bonds. The largest absolute Gasteiger partial charge is 0.496 e. The van der Waals surface area contributed by atoms with E-state index in [2.05, 4.69) is 0 Å². The molecule has 1 aromatic rings. The first-order chi connectivity index (χ1) is 7.53. The van der Waals surface area contributed by atoms with Crippen LogP contribution in [0.3, 0.4) is 0 Å². The summed E-state index contributed by atoms with van der Waals surface area (Å²) in [5, 5.41) is 17.9. The highest BCUT2D eigenvalue weighted by Gasteiger charge is 2.34. The molecule has 0 aliphatic heterocycles. The Morgan fingerprint density at radius 3 is 2.69 bits per heavy atom. The second kappa shape index (κ2) is 4.67. The van der Waals surface area contributed by atoms with Gasteiger partial charge in [-0.2, -0.15) is 5.26 Å². The number of rotatable bonds is 4. The molecule has 0 bridgehead atoms. The Kier molecular flexibility index (Phi) is 3.51. The fourth-order valence-electron chi connectivity index (χ4n) is 1.39. The van der Waals surface area contributed by atoms with Crippen LogP contribution in [0, 0.1) is 16.7 Å². The molecule has 0 heterocycles. The molecule has 0 aliphatic carbocycles. The molecule has 0 radical (unpaired) electrons. The minimum absolute atomic E-state index is 0.128. The molecule has 0 saturated heterocycles. The van der Waals surface area contributed by atoms with Gasteiger partial charge in [-0.1, -0.05) is 18.2 Å². The molecule has 4 nitrogen and oxygen atoms in total. The Morgan fingerprint density at radius 1 is 1.56 bits per heavy atom. The number of nitriles is 1. The van der Waals surface area contributed by atoms with Crippen LogP contribution in [0.15, 0.2) is 24.3 Å². The standard InChI is InChI=1S/C12H13NO3/c1-12(8-13,11(14)15)7-9-5-3-4-6-10(9)16-2/h3-6H,7H2,1-2H3,(H,14,15). The monoisotopic (exact) mass is 219 g/mol. The molecule has 1 aromatic carbocycles. The van der Waals surface area contributed by atoms with Gasteiger partial charge in [-0.15, -0.1) is 0 Å². The van der Waals surface area contributed by atoms with E-state index in [1.165, 1.54) is 14.0 Å². The number of benzene rings is 1. The van der Waals surface area contributed by atoms with Crippen molar-refractivity contribution in [3.05, 3.63) is 29.8 Å². The predicted octanol–water partition coefficient (Wildman–Crippen LogP) is 1.85. The van der Waals surface area contributed by atoms with Crippen molar-refractivity contribution >= 4 is 5.97 Å². The zero-order valence-corrected chi connectivity index (χ0v) is 9.23. The highest BCUT2D eigenvalue weighted by Crippen LogP contribution is 2.27. The van der Waals surface area contributed by atoms with E-state index in [0.29, 0.717) is 5.75 Å². The van der Waals surface area contributed by atoms with E-state index < -0.39 is 11.4 Å². The normalized spacial score (nSPS) is 13.6. The molecule has 1 atom stereocenters. The molecule has 16 heavy (non-hydrogen) atoms. The smallest absolute Gasteiger partial charge is 0.324 e. The summed E-state index contributed by atoms with van der Waals surface area (Å²) < 4.78 is 5.11. The number of carbonyl (C=O) groups is 1. The minimum Gasteiger partial charge on any atom is -0.496 e. The van der Waals surface area contributed by atoms with Crippen LogP contribution in [0.25, 0.3) is 0 Å². The van der Waals surface area contributed by atoms with Crippen molar-refractivity contribution in [2.45, 2.75) is 13.3 Å². The second-order valence-electron chi connectivity index (χ2n) is 3.74. The van der Waals surface area contributed by atoms with Gasteiger partial charge < -0.3 is 9.84 Å². The summed E-state index contributed by atoms with van der Waals surface area (Å²) in [5.74, 6) is -0.522. The first-order valence-corrected chi connectivity index (χ1v) is 4.80. The topological polar surface area (TPSA) is 70.3 Å². The molecule has 0 saturated carbocycles. The summed E-state index contributed by atoms with van der Waals surface area (Å²) in [6.07, 6.45) is 0.128. The average molecular weight is 219 g/mol. The lowest BCUT2D eigenvalue weighted by atomic mass is 9.85. The van der Waals surface area contributed by atoms with Crippen LogP contribution < -0.4 is 4.74 Å². The van der Waals surface area contributed by atoms with E-state index in [1.54, 1.807) is 24.3 Å². The summed E-state index contributed by atoms with van der Waals surface area (Å²) in [5.41, 5.74) is -0.703. The van der Waals surface area contributed by atoms with Crippen LogP contribution in [0.4, 0.5) is 0 Å². The average Bonchev–Trinajstić information content (AvgIpc) is 2.29. The third kappa shape index (κ3) is 2.31. The number of aliphatic carboxylic acids is 1.